The topological polar surface area (TPSA) is 164 Å². The van der Waals surface area contributed by atoms with Gasteiger partial charge in [-0.15, -0.1) is 0 Å². The van der Waals surface area contributed by atoms with Gasteiger partial charge in [0.15, 0.2) is 17.7 Å². The van der Waals surface area contributed by atoms with Crippen molar-refractivity contribution in [3.63, 3.8) is 0 Å². The van der Waals surface area contributed by atoms with Crippen LogP contribution in [0.15, 0.2) is 36.9 Å². The number of ether oxygens (including phenoxy) is 1. The van der Waals surface area contributed by atoms with E-state index in [0.717, 1.165) is 12.1 Å². The van der Waals surface area contributed by atoms with Crippen molar-refractivity contribution in [1.82, 2.24) is 29.7 Å². The molecule has 0 spiro atoms. The standard InChI is InChI=1S/C27H40N8O4/c1-6-17(32-26(38)33-18-9-7-16(8-10-18)27(2,3)4)11-12-34(5)13-19-21(36)22(37)25(39-19)35-15-31-20-23(28)29-14-30-24(20)35/h7-10,14-15,17,19,21-22,25,36-37H,6,11-13H2,1-5H3,(H2,28,29,30)(H2,32,33,38). The van der Waals surface area contributed by atoms with Crippen LogP contribution in [0.5, 0.6) is 0 Å². The summed E-state index contributed by atoms with van der Waals surface area (Å²) >= 11 is 0. The molecule has 3 heterocycles. The first-order valence-electron chi connectivity index (χ1n) is 13.3. The smallest absolute Gasteiger partial charge is 0.319 e. The number of aromatic nitrogens is 4. The number of aliphatic hydroxyl groups is 2. The summed E-state index contributed by atoms with van der Waals surface area (Å²) < 4.78 is 7.61. The Morgan fingerprint density at radius 1 is 1.18 bits per heavy atom. The first kappa shape index (κ1) is 28.7. The Hall–Kier alpha value is -3.32. The van der Waals surface area contributed by atoms with Crippen LogP contribution in [0.2, 0.25) is 0 Å². The number of rotatable bonds is 9. The van der Waals surface area contributed by atoms with E-state index in [1.807, 2.05) is 43.1 Å². The first-order chi connectivity index (χ1) is 18.5. The molecule has 4 rings (SSSR count). The highest BCUT2D eigenvalue weighted by Gasteiger charge is 2.44. The molecule has 5 unspecified atom stereocenters. The van der Waals surface area contributed by atoms with E-state index >= 15 is 0 Å². The molecule has 212 valence electrons. The van der Waals surface area contributed by atoms with E-state index in [-0.39, 0.29) is 23.3 Å². The zero-order valence-electron chi connectivity index (χ0n) is 23.2. The number of anilines is 2. The SMILES string of the molecule is CCC(CCN(C)CC1OC(n2cnc3c(N)ncnc32)C(O)C1O)NC(=O)Nc1ccc(C(C)(C)C)cc1. The third kappa shape index (κ3) is 6.64. The quantitative estimate of drug-likeness (QED) is 0.274. The van der Waals surface area contributed by atoms with Gasteiger partial charge in [0.1, 0.15) is 30.2 Å². The molecular weight excluding hydrogens is 500 g/mol. The monoisotopic (exact) mass is 540 g/mol. The molecule has 2 aromatic heterocycles. The van der Waals surface area contributed by atoms with Gasteiger partial charge < -0.3 is 36.2 Å². The molecule has 1 fully saturated rings. The second kappa shape index (κ2) is 11.8. The Morgan fingerprint density at radius 3 is 2.56 bits per heavy atom. The van der Waals surface area contributed by atoms with E-state index in [0.29, 0.717) is 30.7 Å². The van der Waals surface area contributed by atoms with E-state index in [9.17, 15) is 15.0 Å². The number of fused-ring (bicyclic) bond motifs is 1. The van der Waals surface area contributed by atoms with Gasteiger partial charge in [0.2, 0.25) is 0 Å². The number of likely N-dealkylation sites (N-methyl/N-ethyl adjacent to an activating group) is 1. The molecule has 3 aromatic rings. The number of aliphatic hydroxyl groups excluding tert-OH is 2. The van der Waals surface area contributed by atoms with Crippen molar-refractivity contribution in [2.45, 2.75) is 76.5 Å². The van der Waals surface area contributed by atoms with Crippen molar-refractivity contribution in [2.24, 2.45) is 0 Å². The molecule has 5 atom stereocenters. The van der Waals surface area contributed by atoms with E-state index in [1.54, 1.807) is 4.57 Å². The molecule has 0 bridgehead atoms. The highest BCUT2D eigenvalue weighted by Crippen LogP contribution is 2.32. The molecule has 0 aliphatic carbocycles. The van der Waals surface area contributed by atoms with Gasteiger partial charge in [0, 0.05) is 18.3 Å². The van der Waals surface area contributed by atoms with Gasteiger partial charge >= 0.3 is 6.03 Å². The minimum Gasteiger partial charge on any atom is -0.387 e. The molecule has 1 aliphatic rings. The lowest BCUT2D eigenvalue weighted by Gasteiger charge is -2.25. The van der Waals surface area contributed by atoms with Gasteiger partial charge in [-0.3, -0.25) is 4.57 Å². The third-order valence-electron chi connectivity index (χ3n) is 7.19. The number of benzene rings is 1. The van der Waals surface area contributed by atoms with Crippen LogP contribution in [0.1, 0.15) is 52.3 Å². The molecule has 39 heavy (non-hydrogen) atoms. The van der Waals surface area contributed by atoms with Crippen molar-refractivity contribution in [3.05, 3.63) is 42.5 Å². The summed E-state index contributed by atoms with van der Waals surface area (Å²) in [4.78, 5) is 27.0. The van der Waals surface area contributed by atoms with Crippen LogP contribution in [0, 0.1) is 0 Å². The Morgan fingerprint density at radius 2 is 1.90 bits per heavy atom. The van der Waals surface area contributed by atoms with Crippen molar-refractivity contribution in [3.8, 4) is 0 Å². The van der Waals surface area contributed by atoms with E-state index in [2.05, 4.69) is 46.4 Å². The average molecular weight is 541 g/mol. The van der Waals surface area contributed by atoms with Crippen LogP contribution in [-0.2, 0) is 10.2 Å². The summed E-state index contributed by atoms with van der Waals surface area (Å²) in [5, 5.41) is 27.3. The average Bonchev–Trinajstić information content (AvgIpc) is 3.43. The number of nitrogens with two attached hydrogens (primary N) is 1. The first-order valence-corrected chi connectivity index (χ1v) is 13.3. The molecular formula is C27H40N8O4. The number of carbonyl (C=O) groups is 1. The predicted molar refractivity (Wildman–Crippen MR) is 149 cm³/mol. The van der Waals surface area contributed by atoms with Gasteiger partial charge in [0.05, 0.1) is 6.33 Å². The summed E-state index contributed by atoms with van der Waals surface area (Å²) in [6, 6.07) is 7.61. The second-order valence-corrected chi connectivity index (χ2v) is 11.2. The van der Waals surface area contributed by atoms with Gasteiger partial charge in [-0.05, 0) is 49.5 Å². The summed E-state index contributed by atoms with van der Waals surface area (Å²) in [6.07, 6.45) is 0.534. The molecule has 1 aromatic carbocycles. The lowest BCUT2D eigenvalue weighted by atomic mass is 9.87. The molecule has 1 saturated heterocycles. The summed E-state index contributed by atoms with van der Waals surface area (Å²) in [5.41, 5.74) is 8.70. The van der Waals surface area contributed by atoms with E-state index in [4.69, 9.17) is 10.5 Å². The maximum absolute atomic E-state index is 12.6. The molecule has 2 amide bonds. The van der Waals surface area contributed by atoms with Crippen LogP contribution < -0.4 is 16.4 Å². The summed E-state index contributed by atoms with van der Waals surface area (Å²) in [5.74, 6) is 0.231. The number of carbonyl (C=O) groups excluding carboxylic acids is 1. The molecule has 0 saturated carbocycles. The Balaban J connectivity index is 1.27. The lowest BCUT2D eigenvalue weighted by molar-refractivity contribution is -0.0423. The zero-order chi connectivity index (χ0) is 28.3. The van der Waals surface area contributed by atoms with Crippen LogP contribution in [0.3, 0.4) is 0 Å². The number of amides is 2. The van der Waals surface area contributed by atoms with Crippen LogP contribution in [-0.4, -0.2) is 85.2 Å². The normalized spacial score (nSPS) is 22.4. The van der Waals surface area contributed by atoms with E-state index in [1.165, 1.54) is 18.2 Å². The second-order valence-electron chi connectivity index (χ2n) is 11.2. The lowest BCUT2D eigenvalue weighted by Crippen LogP contribution is -2.42. The summed E-state index contributed by atoms with van der Waals surface area (Å²) in [6.45, 7) is 9.53. The highest BCUT2D eigenvalue weighted by molar-refractivity contribution is 5.89. The van der Waals surface area contributed by atoms with Crippen LogP contribution in [0.4, 0.5) is 16.3 Å². The number of nitrogen functional groups attached to an aromatic ring is 1. The number of urea groups is 1. The van der Waals surface area contributed by atoms with Crippen LogP contribution in [0.25, 0.3) is 11.2 Å². The van der Waals surface area contributed by atoms with Crippen molar-refractivity contribution in [2.75, 3.05) is 31.2 Å². The fourth-order valence-electron chi connectivity index (χ4n) is 4.73. The Bertz CT molecular complexity index is 1260. The van der Waals surface area contributed by atoms with Gasteiger partial charge in [-0.1, -0.05) is 39.8 Å². The fourth-order valence-corrected chi connectivity index (χ4v) is 4.73. The molecule has 12 nitrogen and oxygen atoms in total. The molecule has 6 N–H and O–H groups in total. The maximum atomic E-state index is 12.6. The Labute approximate surface area is 228 Å². The van der Waals surface area contributed by atoms with Gasteiger partial charge in [-0.25, -0.2) is 19.7 Å². The highest BCUT2D eigenvalue weighted by atomic mass is 16.6. The number of nitrogens with zero attached hydrogens (tertiary/aromatic N) is 5. The van der Waals surface area contributed by atoms with Crippen molar-refractivity contribution in [1.29, 1.82) is 0 Å². The summed E-state index contributed by atoms with van der Waals surface area (Å²) in [7, 11) is 1.92. The largest absolute Gasteiger partial charge is 0.387 e. The minimum atomic E-state index is -1.16. The van der Waals surface area contributed by atoms with Gasteiger partial charge in [-0.2, -0.15) is 0 Å². The predicted octanol–water partition coefficient (Wildman–Crippen LogP) is 2.25. The van der Waals surface area contributed by atoms with Crippen molar-refractivity contribution < 1.29 is 19.7 Å². The van der Waals surface area contributed by atoms with Gasteiger partial charge in [0.25, 0.3) is 0 Å². The zero-order valence-corrected chi connectivity index (χ0v) is 23.2. The number of imidazole rings is 1. The van der Waals surface area contributed by atoms with Crippen molar-refractivity contribution >= 4 is 28.7 Å². The van der Waals surface area contributed by atoms with E-state index < -0.39 is 24.5 Å². The molecule has 1 aliphatic heterocycles. The number of hydrogen-bond donors (Lipinski definition) is 5. The number of nitrogens with one attached hydrogen (secondary N) is 2. The molecule has 0 radical (unpaired) electrons. The Kier molecular flexibility index (Phi) is 8.70. The minimum absolute atomic E-state index is 0.0310. The van der Waals surface area contributed by atoms with Crippen LogP contribution >= 0.6 is 0 Å². The maximum Gasteiger partial charge on any atom is 0.319 e. The fraction of sp³-hybridized carbons (Fsp3) is 0.556. The number of hydrogen-bond acceptors (Lipinski definition) is 9. The molecule has 12 heteroatoms. The third-order valence-corrected chi connectivity index (χ3v) is 7.19.